The van der Waals surface area contributed by atoms with Gasteiger partial charge in [0.1, 0.15) is 0 Å². The summed E-state index contributed by atoms with van der Waals surface area (Å²) >= 11 is 1.48. The van der Waals surface area contributed by atoms with Gasteiger partial charge in [0.2, 0.25) is 0 Å². The predicted octanol–water partition coefficient (Wildman–Crippen LogP) is 2.54. The number of carbonyl (C=O) groups excluding carboxylic acids is 1. The molecule has 5 nitrogen and oxygen atoms in total. The van der Waals surface area contributed by atoms with Gasteiger partial charge in [-0.25, -0.2) is 4.98 Å². The van der Waals surface area contributed by atoms with Crippen LogP contribution in [0.1, 0.15) is 31.3 Å². The van der Waals surface area contributed by atoms with Crippen LogP contribution >= 0.6 is 11.3 Å². The van der Waals surface area contributed by atoms with Gasteiger partial charge in [0.05, 0.1) is 11.0 Å². The summed E-state index contributed by atoms with van der Waals surface area (Å²) in [5.41, 5.74) is -0.0400. The van der Waals surface area contributed by atoms with E-state index in [-0.39, 0.29) is 23.6 Å². The van der Waals surface area contributed by atoms with Crippen molar-refractivity contribution in [2.75, 3.05) is 6.54 Å². The first kappa shape index (κ1) is 14.7. The molecule has 2 rings (SSSR count). The summed E-state index contributed by atoms with van der Waals surface area (Å²) in [4.78, 5) is 16.9. The highest BCUT2D eigenvalue weighted by Crippen LogP contribution is 2.27. The normalized spacial score (nSPS) is 13.2. The highest BCUT2D eigenvalue weighted by molar-refractivity contribution is 7.13. The Kier molecular flexibility index (Phi) is 4.25. The van der Waals surface area contributed by atoms with Gasteiger partial charge >= 0.3 is 0 Å². The number of oxazole rings is 1. The van der Waals surface area contributed by atoms with Crippen LogP contribution in [0.2, 0.25) is 0 Å². The Bertz CT molecular complexity index is 570. The van der Waals surface area contributed by atoms with Crippen molar-refractivity contribution in [1.29, 1.82) is 0 Å². The van der Waals surface area contributed by atoms with Crippen molar-refractivity contribution in [2.24, 2.45) is 5.41 Å². The van der Waals surface area contributed by atoms with E-state index in [0.717, 1.165) is 4.88 Å². The van der Waals surface area contributed by atoms with Crippen LogP contribution in [0.15, 0.2) is 28.3 Å². The SMILES string of the molecule is CC(C)(C)C(O)CNC(=O)c1ncoc1-c1cccs1. The maximum absolute atomic E-state index is 12.1. The van der Waals surface area contributed by atoms with Crippen LogP contribution in [0, 0.1) is 5.41 Å². The number of rotatable bonds is 4. The molecule has 1 atom stereocenters. The number of amides is 1. The van der Waals surface area contributed by atoms with Crippen LogP contribution in [0.25, 0.3) is 10.6 Å². The molecule has 0 bridgehead atoms. The van der Waals surface area contributed by atoms with E-state index in [1.807, 2.05) is 38.3 Å². The molecule has 108 valence electrons. The van der Waals surface area contributed by atoms with Crippen LogP contribution in [-0.2, 0) is 0 Å². The summed E-state index contributed by atoms with van der Waals surface area (Å²) in [5, 5.41) is 14.5. The van der Waals surface area contributed by atoms with E-state index >= 15 is 0 Å². The van der Waals surface area contributed by atoms with Crippen molar-refractivity contribution in [2.45, 2.75) is 26.9 Å². The Hall–Kier alpha value is -1.66. The maximum atomic E-state index is 12.1. The molecular formula is C14H18N2O3S. The molecule has 2 heterocycles. The Morgan fingerprint density at radius 1 is 1.55 bits per heavy atom. The first-order valence-corrected chi connectivity index (χ1v) is 7.21. The number of nitrogens with one attached hydrogen (secondary N) is 1. The van der Waals surface area contributed by atoms with Crippen molar-refractivity contribution in [3.63, 3.8) is 0 Å². The average molecular weight is 294 g/mol. The monoisotopic (exact) mass is 294 g/mol. The fraction of sp³-hybridized carbons (Fsp3) is 0.429. The smallest absolute Gasteiger partial charge is 0.274 e. The molecular weight excluding hydrogens is 276 g/mol. The number of carbonyl (C=O) groups is 1. The summed E-state index contributed by atoms with van der Waals surface area (Å²) in [6.07, 6.45) is 0.632. The van der Waals surface area contributed by atoms with E-state index in [1.165, 1.54) is 17.7 Å². The molecule has 2 N–H and O–H groups in total. The fourth-order valence-corrected chi connectivity index (χ4v) is 2.28. The predicted molar refractivity (Wildman–Crippen MR) is 77.6 cm³/mol. The van der Waals surface area contributed by atoms with Gasteiger partial charge < -0.3 is 14.8 Å². The summed E-state index contributed by atoms with van der Waals surface area (Å²) in [5.74, 6) is 0.119. The van der Waals surface area contributed by atoms with E-state index in [4.69, 9.17) is 4.42 Å². The molecule has 0 fully saturated rings. The van der Waals surface area contributed by atoms with Crippen molar-refractivity contribution in [3.8, 4) is 10.6 Å². The van der Waals surface area contributed by atoms with Crippen LogP contribution in [0.3, 0.4) is 0 Å². The zero-order valence-electron chi connectivity index (χ0n) is 11.7. The molecule has 1 amide bonds. The first-order valence-electron chi connectivity index (χ1n) is 6.33. The fourth-order valence-electron chi connectivity index (χ4n) is 1.57. The Balaban J connectivity index is 2.06. The topological polar surface area (TPSA) is 75.4 Å². The van der Waals surface area contributed by atoms with Crippen LogP contribution in [0.4, 0.5) is 0 Å². The average Bonchev–Trinajstić information content (AvgIpc) is 3.03. The number of hydrogen-bond donors (Lipinski definition) is 2. The summed E-state index contributed by atoms with van der Waals surface area (Å²) in [6, 6.07) is 3.75. The van der Waals surface area contributed by atoms with Gasteiger partial charge in [0, 0.05) is 6.54 Å². The van der Waals surface area contributed by atoms with Crippen molar-refractivity contribution in [1.82, 2.24) is 10.3 Å². The van der Waals surface area contributed by atoms with Gasteiger partial charge in [-0.2, -0.15) is 0 Å². The van der Waals surface area contributed by atoms with E-state index in [2.05, 4.69) is 10.3 Å². The molecule has 1 unspecified atom stereocenters. The second-order valence-electron chi connectivity index (χ2n) is 5.60. The minimum absolute atomic E-state index is 0.180. The van der Waals surface area contributed by atoms with Crippen LogP contribution in [0.5, 0.6) is 0 Å². The molecule has 0 saturated heterocycles. The number of aliphatic hydroxyl groups is 1. The number of aliphatic hydroxyl groups excluding tert-OH is 1. The maximum Gasteiger partial charge on any atom is 0.274 e. The number of aromatic nitrogens is 1. The third-order valence-electron chi connectivity index (χ3n) is 2.98. The molecule has 0 spiro atoms. The lowest BCUT2D eigenvalue weighted by Gasteiger charge is -2.25. The highest BCUT2D eigenvalue weighted by Gasteiger charge is 2.24. The minimum atomic E-state index is -0.622. The number of thiophene rings is 1. The van der Waals surface area contributed by atoms with Gasteiger partial charge in [0.15, 0.2) is 17.8 Å². The Morgan fingerprint density at radius 3 is 2.90 bits per heavy atom. The van der Waals surface area contributed by atoms with Crippen LogP contribution in [-0.4, -0.2) is 28.6 Å². The second-order valence-corrected chi connectivity index (χ2v) is 6.55. The number of hydrogen-bond acceptors (Lipinski definition) is 5. The van der Waals surface area contributed by atoms with E-state index in [1.54, 1.807) is 0 Å². The molecule has 0 aromatic carbocycles. The molecule has 0 aliphatic carbocycles. The largest absolute Gasteiger partial charge is 0.442 e. The highest BCUT2D eigenvalue weighted by atomic mass is 32.1. The van der Waals surface area contributed by atoms with Gasteiger partial charge in [-0.1, -0.05) is 26.8 Å². The minimum Gasteiger partial charge on any atom is -0.442 e. The molecule has 0 saturated carbocycles. The molecule has 20 heavy (non-hydrogen) atoms. The molecule has 0 aliphatic heterocycles. The van der Waals surface area contributed by atoms with Gasteiger partial charge in [-0.3, -0.25) is 4.79 Å². The third-order valence-corrected chi connectivity index (χ3v) is 3.85. The Morgan fingerprint density at radius 2 is 2.30 bits per heavy atom. The molecule has 0 aliphatic rings. The van der Waals surface area contributed by atoms with Crippen molar-refractivity contribution in [3.05, 3.63) is 29.6 Å². The van der Waals surface area contributed by atoms with Gasteiger partial charge in [0.25, 0.3) is 5.91 Å². The van der Waals surface area contributed by atoms with Crippen LogP contribution < -0.4 is 5.32 Å². The third kappa shape index (κ3) is 3.26. The Labute approximate surface area is 121 Å². The zero-order chi connectivity index (χ0) is 14.8. The first-order chi connectivity index (χ1) is 9.39. The molecule has 6 heteroatoms. The van der Waals surface area contributed by atoms with E-state index < -0.39 is 6.10 Å². The quantitative estimate of drug-likeness (QED) is 0.908. The lowest BCUT2D eigenvalue weighted by atomic mass is 9.89. The second kappa shape index (κ2) is 5.76. The van der Waals surface area contributed by atoms with Crippen molar-refractivity contribution < 1.29 is 14.3 Å². The number of nitrogens with zero attached hydrogens (tertiary/aromatic N) is 1. The lowest BCUT2D eigenvalue weighted by Crippen LogP contribution is -2.39. The van der Waals surface area contributed by atoms with Gasteiger partial charge in [-0.15, -0.1) is 11.3 Å². The van der Waals surface area contributed by atoms with Gasteiger partial charge in [-0.05, 0) is 16.9 Å². The molecule has 0 radical (unpaired) electrons. The lowest BCUT2D eigenvalue weighted by molar-refractivity contribution is 0.0585. The molecule has 2 aromatic heterocycles. The summed E-state index contributed by atoms with van der Waals surface area (Å²) in [7, 11) is 0. The van der Waals surface area contributed by atoms with E-state index in [0.29, 0.717) is 5.76 Å². The zero-order valence-corrected chi connectivity index (χ0v) is 12.5. The van der Waals surface area contributed by atoms with Crippen molar-refractivity contribution >= 4 is 17.2 Å². The molecule has 2 aromatic rings. The van der Waals surface area contributed by atoms with E-state index in [9.17, 15) is 9.90 Å². The summed E-state index contributed by atoms with van der Waals surface area (Å²) < 4.78 is 5.28. The summed E-state index contributed by atoms with van der Waals surface area (Å²) in [6.45, 7) is 5.92. The standard InChI is InChI=1S/C14H18N2O3S/c1-14(2,3)10(17)7-15-13(18)11-12(19-8-16-11)9-5-4-6-20-9/h4-6,8,10,17H,7H2,1-3H3,(H,15,18).